The molecule has 1 saturated heterocycles. The molecule has 0 N–H and O–H groups in total. The van der Waals surface area contributed by atoms with E-state index in [4.69, 9.17) is 4.74 Å². The molecule has 0 spiro atoms. The summed E-state index contributed by atoms with van der Waals surface area (Å²) in [5, 5.41) is 8.74. The molecule has 29 heavy (non-hydrogen) atoms. The Morgan fingerprint density at radius 1 is 1.10 bits per heavy atom. The van der Waals surface area contributed by atoms with Gasteiger partial charge in [-0.1, -0.05) is 12.1 Å². The summed E-state index contributed by atoms with van der Waals surface area (Å²) in [6.07, 6.45) is 0. The van der Waals surface area contributed by atoms with E-state index in [0.29, 0.717) is 37.0 Å². The van der Waals surface area contributed by atoms with Crippen molar-refractivity contribution in [1.82, 2.24) is 19.7 Å². The highest BCUT2D eigenvalue weighted by Gasteiger charge is 2.44. The quantitative estimate of drug-likeness (QED) is 0.672. The van der Waals surface area contributed by atoms with Gasteiger partial charge in [0.1, 0.15) is 11.9 Å². The number of hydrogen-bond donors (Lipinski definition) is 0. The molecular weight excluding hydrogens is 371 g/mol. The average molecular weight is 392 g/mol. The molecule has 1 aromatic heterocycles. The number of nitrogens with zero attached hydrogens (tertiary/aromatic N) is 4. The van der Waals surface area contributed by atoms with Gasteiger partial charge in [0, 0.05) is 17.7 Å². The second kappa shape index (κ2) is 6.77. The molecule has 1 fully saturated rings. The Morgan fingerprint density at radius 3 is 2.69 bits per heavy atom. The smallest absolute Gasteiger partial charge is 0.255 e. The van der Waals surface area contributed by atoms with Gasteiger partial charge in [0.25, 0.3) is 5.91 Å². The normalized spacial score (nSPS) is 20.4. The Bertz CT molecular complexity index is 1090. The van der Waals surface area contributed by atoms with Crippen molar-refractivity contribution in [2.45, 2.75) is 32.5 Å². The molecule has 0 unspecified atom stereocenters. The Hall–Kier alpha value is -3.06. The maximum absolute atomic E-state index is 13.5. The zero-order chi connectivity index (χ0) is 20.1. The van der Waals surface area contributed by atoms with Crippen molar-refractivity contribution < 1.29 is 13.9 Å². The third kappa shape index (κ3) is 2.84. The lowest BCUT2D eigenvalue weighted by Gasteiger charge is -2.45. The minimum Gasteiger partial charge on any atom is -0.377 e. The van der Waals surface area contributed by atoms with Crippen LogP contribution in [-0.2, 0) is 11.3 Å². The summed E-state index contributed by atoms with van der Waals surface area (Å²) >= 11 is 0. The van der Waals surface area contributed by atoms with Crippen molar-refractivity contribution in [3.63, 3.8) is 0 Å². The van der Waals surface area contributed by atoms with E-state index in [2.05, 4.69) is 10.2 Å². The van der Waals surface area contributed by atoms with Crippen molar-refractivity contribution in [1.29, 1.82) is 0 Å². The van der Waals surface area contributed by atoms with Gasteiger partial charge in [0.05, 0.1) is 19.3 Å². The van der Waals surface area contributed by atoms with E-state index in [1.54, 1.807) is 12.1 Å². The van der Waals surface area contributed by atoms with Crippen molar-refractivity contribution in [2.75, 3.05) is 13.2 Å². The molecule has 2 aliphatic heterocycles. The van der Waals surface area contributed by atoms with Gasteiger partial charge in [0.2, 0.25) is 0 Å². The van der Waals surface area contributed by atoms with Crippen LogP contribution in [0.5, 0.6) is 0 Å². The predicted octanol–water partition coefficient (Wildman–Crippen LogP) is 3.30. The zero-order valence-corrected chi connectivity index (χ0v) is 16.3. The van der Waals surface area contributed by atoms with E-state index < -0.39 is 0 Å². The van der Waals surface area contributed by atoms with Crippen LogP contribution in [0.15, 0.2) is 42.5 Å². The van der Waals surface area contributed by atoms with Crippen LogP contribution in [0.4, 0.5) is 4.39 Å². The number of rotatable bonds is 2. The molecule has 5 rings (SSSR count). The second-order valence-corrected chi connectivity index (χ2v) is 7.67. The molecule has 1 amide bonds. The lowest BCUT2D eigenvalue weighted by molar-refractivity contribution is -0.0569. The minimum absolute atomic E-state index is 0.00193. The molecule has 2 aromatic carbocycles. The lowest BCUT2D eigenvalue weighted by Crippen LogP contribution is -2.56. The molecule has 2 atom stereocenters. The maximum Gasteiger partial charge on any atom is 0.255 e. The van der Waals surface area contributed by atoms with Gasteiger partial charge in [-0.15, -0.1) is 10.2 Å². The molecule has 6 nitrogen and oxygen atoms in total. The number of aryl methyl sites for hydroxylation is 1. The SMILES string of the molecule is Cc1cccc(C(=O)N2[C@H]3COC[C@@H]2c2nnc(-c4ccc(F)cc4)n2C3)c1C. The molecule has 3 aromatic rings. The van der Waals surface area contributed by atoms with Crippen LogP contribution < -0.4 is 0 Å². The van der Waals surface area contributed by atoms with Gasteiger partial charge in [-0.3, -0.25) is 4.79 Å². The average Bonchev–Trinajstić information content (AvgIpc) is 3.13. The number of amides is 1. The standard InChI is InChI=1S/C22H21FN4O2/c1-13-4-3-5-18(14(13)2)22(28)27-17-10-26-20(15-6-8-16(23)9-7-15)24-25-21(26)19(27)12-29-11-17/h3-9,17,19H,10-12H2,1-2H3/t17-,19-/m1/s1. The summed E-state index contributed by atoms with van der Waals surface area (Å²) in [6, 6.07) is 11.6. The first-order valence-electron chi connectivity index (χ1n) is 9.70. The fraction of sp³-hybridized carbons (Fsp3) is 0.318. The number of halogens is 1. The monoisotopic (exact) mass is 392 g/mol. The highest BCUT2D eigenvalue weighted by molar-refractivity contribution is 5.96. The summed E-state index contributed by atoms with van der Waals surface area (Å²) in [6.45, 7) is 5.39. The van der Waals surface area contributed by atoms with E-state index in [9.17, 15) is 9.18 Å². The fourth-order valence-electron chi connectivity index (χ4n) is 4.26. The minimum atomic E-state index is -0.295. The van der Waals surface area contributed by atoms with E-state index in [1.807, 2.05) is 41.5 Å². The van der Waals surface area contributed by atoms with Crippen LogP contribution in [0.25, 0.3) is 11.4 Å². The summed E-state index contributed by atoms with van der Waals surface area (Å²) in [4.78, 5) is 15.4. The Kier molecular flexibility index (Phi) is 4.20. The largest absolute Gasteiger partial charge is 0.377 e. The van der Waals surface area contributed by atoms with E-state index >= 15 is 0 Å². The van der Waals surface area contributed by atoms with Crippen LogP contribution in [0.1, 0.15) is 33.4 Å². The first kappa shape index (κ1) is 18.0. The maximum atomic E-state index is 13.5. The Morgan fingerprint density at radius 2 is 1.90 bits per heavy atom. The second-order valence-electron chi connectivity index (χ2n) is 7.67. The third-order valence-corrected chi connectivity index (χ3v) is 5.96. The molecule has 0 saturated carbocycles. The van der Waals surface area contributed by atoms with Crippen molar-refractivity contribution in [3.8, 4) is 11.4 Å². The lowest BCUT2D eigenvalue weighted by atomic mass is 9.98. The van der Waals surface area contributed by atoms with Gasteiger partial charge in [0.15, 0.2) is 11.6 Å². The number of morpholine rings is 1. The van der Waals surface area contributed by atoms with Gasteiger partial charge in [-0.2, -0.15) is 0 Å². The van der Waals surface area contributed by atoms with Crippen LogP contribution in [0.2, 0.25) is 0 Å². The molecule has 148 valence electrons. The van der Waals surface area contributed by atoms with E-state index in [0.717, 1.165) is 16.7 Å². The summed E-state index contributed by atoms with van der Waals surface area (Å²) in [5.74, 6) is 1.11. The molecule has 2 bridgehead atoms. The molecule has 7 heteroatoms. The Labute approximate surface area is 167 Å². The number of aromatic nitrogens is 3. The zero-order valence-electron chi connectivity index (χ0n) is 16.3. The molecular formula is C22H21FN4O2. The van der Waals surface area contributed by atoms with Crippen LogP contribution in [0.3, 0.4) is 0 Å². The summed E-state index contributed by atoms with van der Waals surface area (Å²) in [7, 11) is 0. The third-order valence-electron chi connectivity index (χ3n) is 5.96. The first-order chi connectivity index (χ1) is 14.0. The molecule has 0 radical (unpaired) electrons. The highest BCUT2D eigenvalue weighted by atomic mass is 19.1. The fourth-order valence-corrected chi connectivity index (χ4v) is 4.26. The number of hydrogen-bond acceptors (Lipinski definition) is 4. The molecule has 2 aliphatic rings. The molecule has 3 heterocycles. The van der Waals surface area contributed by atoms with Crippen molar-refractivity contribution in [2.24, 2.45) is 0 Å². The Balaban J connectivity index is 1.55. The van der Waals surface area contributed by atoms with Crippen LogP contribution >= 0.6 is 0 Å². The van der Waals surface area contributed by atoms with Gasteiger partial charge in [-0.25, -0.2) is 4.39 Å². The topological polar surface area (TPSA) is 60.3 Å². The van der Waals surface area contributed by atoms with E-state index in [-0.39, 0.29) is 23.8 Å². The number of ether oxygens (including phenoxy) is 1. The summed E-state index contributed by atoms with van der Waals surface area (Å²) < 4.78 is 21.1. The van der Waals surface area contributed by atoms with Gasteiger partial charge in [-0.05, 0) is 55.3 Å². The van der Waals surface area contributed by atoms with Gasteiger partial charge < -0.3 is 14.2 Å². The number of fused-ring (bicyclic) bond motifs is 4. The van der Waals surface area contributed by atoms with Crippen molar-refractivity contribution >= 4 is 5.91 Å². The van der Waals surface area contributed by atoms with E-state index in [1.165, 1.54) is 12.1 Å². The highest BCUT2D eigenvalue weighted by Crippen LogP contribution is 2.36. The van der Waals surface area contributed by atoms with Crippen LogP contribution in [-0.4, -0.2) is 44.8 Å². The first-order valence-corrected chi connectivity index (χ1v) is 9.70. The summed E-state index contributed by atoms with van der Waals surface area (Å²) in [5.41, 5.74) is 3.61. The van der Waals surface area contributed by atoms with Gasteiger partial charge >= 0.3 is 0 Å². The molecule has 0 aliphatic carbocycles. The van der Waals surface area contributed by atoms with Crippen LogP contribution in [0, 0.1) is 19.7 Å². The predicted molar refractivity (Wildman–Crippen MR) is 105 cm³/mol. The number of benzene rings is 2. The number of carbonyl (C=O) groups is 1. The number of carbonyl (C=O) groups excluding carboxylic acids is 1. The van der Waals surface area contributed by atoms with Crippen molar-refractivity contribution in [3.05, 3.63) is 70.8 Å².